The maximum absolute atomic E-state index is 11.6. The molecule has 16 heavy (non-hydrogen) atoms. The molecule has 1 heterocycles. The van der Waals surface area contributed by atoms with Crippen molar-refractivity contribution < 1.29 is 14.3 Å². The van der Waals surface area contributed by atoms with Gasteiger partial charge in [-0.3, -0.25) is 4.79 Å². The minimum absolute atomic E-state index is 0.0467. The first kappa shape index (κ1) is 12.4. The van der Waals surface area contributed by atoms with Crippen LogP contribution in [-0.2, 0) is 4.74 Å². The van der Waals surface area contributed by atoms with Gasteiger partial charge in [0, 0.05) is 20.2 Å². The molecule has 0 N–H and O–H groups in total. The topological polar surface area (TPSA) is 72.4 Å². The van der Waals surface area contributed by atoms with Crippen molar-refractivity contribution in [3.8, 4) is 0 Å². The number of halogens is 1. The molecule has 0 bridgehead atoms. The van der Waals surface area contributed by atoms with Gasteiger partial charge in [-0.25, -0.2) is 14.8 Å². The molecule has 0 unspecified atom stereocenters. The lowest BCUT2D eigenvalue weighted by atomic mass is 10.3. The highest BCUT2D eigenvalue weighted by atomic mass is 35.5. The second-order valence-corrected chi connectivity index (χ2v) is 3.44. The summed E-state index contributed by atoms with van der Waals surface area (Å²) < 4.78 is 4.47. The lowest BCUT2D eigenvalue weighted by molar-refractivity contribution is 0.0593. The van der Waals surface area contributed by atoms with E-state index in [4.69, 9.17) is 11.6 Å². The molecular weight excluding hydrogens is 234 g/mol. The maximum Gasteiger partial charge on any atom is 0.356 e. The Morgan fingerprint density at radius 2 is 1.88 bits per heavy atom. The number of amides is 1. The van der Waals surface area contributed by atoms with Crippen LogP contribution in [0.5, 0.6) is 0 Å². The van der Waals surface area contributed by atoms with Gasteiger partial charge in [0.1, 0.15) is 5.69 Å². The molecule has 0 aromatic carbocycles. The minimum atomic E-state index is -0.669. The Morgan fingerprint density at radius 1 is 1.31 bits per heavy atom. The molecule has 0 saturated carbocycles. The van der Waals surface area contributed by atoms with Crippen molar-refractivity contribution in [2.75, 3.05) is 21.2 Å². The molecule has 1 aromatic rings. The van der Waals surface area contributed by atoms with Crippen LogP contribution in [-0.4, -0.2) is 47.9 Å². The standard InChI is InChI=1S/C9H10ClN3O3/c1-13(2)7(14)5-4-6(8(15)16-3)12-9(10)11-5/h4H,1-3H3. The average molecular weight is 244 g/mol. The monoisotopic (exact) mass is 243 g/mol. The van der Waals surface area contributed by atoms with Crippen molar-refractivity contribution in [2.45, 2.75) is 0 Å². The van der Waals surface area contributed by atoms with E-state index in [9.17, 15) is 9.59 Å². The second-order valence-electron chi connectivity index (χ2n) is 3.10. The van der Waals surface area contributed by atoms with E-state index in [-0.39, 0.29) is 22.6 Å². The fraction of sp³-hybridized carbons (Fsp3) is 0.333. The smallest absolute Gasteiger partial charge is 0.356 e. The Bertz CT molecular complexity index is 434. The first-order valence-electron chi connectivity index (χ1n) is 4.30. The summed E-state index contributed by atoms with van der Waals surface area (Å²) in [6.07, 6.45) is 0. The van der Waals surface area contributed by atoms with Crippen molar-refractivity contribution in [1.29, 1.82) is 0 Å². The molecule has 7 heteroatoms. The predicted molar refractivity (Wildman–Crippen MR) is 56.4 cm³/mol. The zero-order valence-electron chi connectivity index (χ0n) is 9.02. The third-order valence-corrected chi connectivity index (χ3v) is 1.89. The van der Waals surface area contributed by atoms with Gasteiger partial charge in [0.25, 0.3) is 5.91 Å². The molecule has 6 nitrogen and oxygen atoms in total. The molecule has 0 fully saturated rings. The van der Waals surface area contributed by atoms with Gasteiger partial charge in [-0.1, -0.05) is 0 Å². The van der Waals surface area contributed by atoms with Crippen molar-refractivity contribution in [3.05, 3.63) is 22.7 Å². The van der Waals surface area contributed by atoms with Crippen LogP contribution in [0.1, 0.15) is 21.0 Å². The Kier molecular flexibility index (Phi) is 3.78. The van der Waals surface area contributed by atoms with E-state index in [2.05, 4.69) is 14.7 Å². The molecule has 1 rings (SSSR count). The van der Waals surface area contributed by atoms with Crippen LogP contribution in [0, 0.1) is 0 Å². The van der Waals surface area contributed by atoms with Gasteiger partial charge in [0.05, 0.1) is 7.11 Å². The number of rotatable bonds is 2. The first-order valence-corrected chi connectivity index (χ1v) is 4.68. The fourth-order valence-electron chi connectivity index (χ4n) is 0.966. The van der Waals surface area contributed by atoms with Gasteiger partial charge in [-0.15, -0.1) is 0 Å². The zero-order valence-corrected chi connectivity index (χ0v) is 9.78. The number of nitrogens with zero attached hydrogens (tertiary/aromatic N) is 3. The summed E-state index contributed by atoms with van der Waals surface area (Å²) in [6, 6.07) is 1.24. The molecule has 0 aliphatic rings. The quantitative estimate of drug-likeness (QED) is 0.562. The fourth-order valence-corrected chi connectivity index (χ4v) is 1.15. The van der Waals surface area contributed by atoms with Crippen LogP contribution in [0.2, 0.25) is 5.28 Å². The van der Waals surface area contributed by atoms with Gasteiger partial charge in [0.15, 0.2) is 5.69 Å². The lowest BCUT2D eigenvalue weighted by Gasteiger charge is -2.09. The summed E-state index contributed by atoms with van der Waals surface area (Å²) >= 11 is 5.60. The van der Waals surface area contributed by atoms with Crippen LogP contribution in [0.3, 0.4) is 0 Å². The van der Waals surface area contributed by atoms with Gasteiger partial charge in [-0.05, 0) is 11.6 Å². The van der Waals surface area contributed by atoms with E-state index in [0.717, 1.165) is 0 Å². The number of esters is 1. The number of hydrogen-bond donors (Lipinski definition) is 0. The van der Waals surface area contributed by atoms with Gasteiger partial charge < -0.3 is 9.64 Å². The average Bonchev–Trinajstić information content (AvgIpc) is 2.25. The van der Waals surface area contributed by atoms with Crippen LogP contribution in [0.25, 0.3) is 0 Å². The summed E-state index contributed by atoms with van der Waals surface area (Å²) in [7, 11) is 4.35. The van der Waals surface area contributed by atoms with Crippen molar-refractivity contribution in [1.82, 2.24) is 14.9 Å². The maximum atomic E-state index is 11.6. The molecule has 0 atom stereocenters. The number of hydrogen-bond acceptors (Lipinski definition) is 5. The molecule has 0 radical (unpaired) electrons. The molecule has 0 spiro atoms. The SMILES string of the molecule is COC(=O)c1cc(C(=O)N(C)C)nc(Cl)n1. The summed E-state index contributed by atoms with van der Waals surface area (Å²) in [6.45, 7) is 0. The highest BCUT2D eigenvalue weighted by molar-refractivity contribution is 6.28. The third-order valence-electron chi connectivity index (χ3n) is 1.72. The number of aromatic nitrogens is 2. The van der Waals surface area contributed by atoms with E-state index in [1.165, 1.54) is 18.1 Å². The summed E-state index contributed by atoms with van der Waals surface area (Å²) in [4.78, 5) is 31.5. The molecule has 0 aliphatic carbocycles. The molecule has 0 saturated heterocycles. The van der Waals surface area contributed by atoms with E-state index in [0.29, 0.717) is 0 Å². The largest absolute Gasteiger partial charge is 0.464 e. The minimum Gasteiger partial charge on any atom is -0.464 e. The normalized spacial score (nSPS) is 9.75. The van der Waals surface area contributed by atoms with Crippen LogP contribution in [0.4, 0.5) is 0 Å². The highest BCUT2D eigenvalue weighted by Gasteiger charge is 2.16. The number of methoxy groups -OCH3 is 1. The molecule has 1 aromatic heterocycles. The van der Waals surface area contributed by atoms with E-state index >= 15 is 0 Å². The van der Waals surface area contributed by atoms with Gasteiger partial charge >= 0.3 is 5.97 Å². The molecule has 1 amide bonds. The summed E-state index contributed by atoms with van der Waals surface area (Å²) in [5.41, 5.74) is -0.00176. The third kappa shape index (κ3) is 2.66. The lowest BCUT2D eigenvalue weighted by Crippen LogP contribution is -2.23. The molecule has 0 aliphatic heterocycles. The van der Waals surface area contributed by atoms with Gasteiger partial charge in [-0.2, -0.15) is 0 Å². The molecule has 86 valence electrons. The van der Waals surface area contributed by atoms with Crippen molar-refractivity contribution in [2.24, 2.45) is 0 Å². The number of ether oxygens (including phenoxy) is 1. The van der Waals surface area contributed by atoms with E-state index in [1.807, 2.05) is 0 Å². The van der Waals surface area contributed by atoms with Crippen molar-refractivity contribution in [3.63, 3.8) is 0 Å². The van der Waals surface area contributed by atoms with Gasteiger partial charge in [0.2, 0.25) is 5.28 Å². The highest BCUT2D eigenvalue weighted by Crippen LogP contribution is 2.08. The Morgan fingerprint density at radius 3 is 2.38 bits per heavy atom. The Hall–Kier alpha value is -1.69. The number of carbonyl (C=O) groups is 2. The molecular formula is C9H10ClN3O3. The van der Waals surface area contributed by atoms with Crippen LogP contribution in [0.15, 0.2) is 6.07 Å². The van der Waals surface area contributed by atoms with Crippen LogP contribution < -0.4 is 0 Å². The Labute approximate surface area is 97.2 Å². The zero-order chi connectivity index (χ0) is 12.3. The summed E-state index contributed by atoms with van der Waals surface area (Å²) in [5.74, 6) is -1.04. The van der Waals surface area contributed by atoms with Crippen LogP contribution >= 0.6 is 11.6 Å². The van der Waals surface area contributed by atoms with Crippen molar-refractivity contribution >= 4 is 23.5 Å². The predicted octanol–water partition coefficient (Wildman–Crippen LogP) is 0.618. The van der Waals surface area contributed by atoms with E-state index < -0.39 is 5.97 Å². The number of carbonyl (C=O) groups excluding carboxylic acids is 2. The van der Waals surface area contributed by atoms with E-state index in [1.54, 1.807) is 14.1 Å². The summed E-state index contributed by atoms with van der Waals surface area (Å²) in [5, 5.41) is -0.173. The second kappa shape index (κ2) is 4.89. The Balaban J connectivity index is 3.18. The first-order chi connectivity index (χ1) is 7.45.